The number of hydrogen-bond acceptors (Lipinski definition) is 5. The van der Waals surface area contributed by atoms with E-state index in [0.717, 1.165) is 24.1 Å². The fourth-order valence-electron chi connectivity index (χ4n) is 4.08. The normalized spacial score (nSPS) is 15.6. The van der Waals surface area contributed by atoms with Gasteiger partial charge < -0.3 is 9.64 Å². The van der Waals surface area contributed by atoms with Crippen molar-refractivity contribution in [1.29, 1.82) is 0 Å². The van der Waals surface area contributed by atoms with Gasteiger partial charge in [-0.2, -0.15) is 5.10 Å². The number of amides is 1. The maximum Gasteiger partial charge on any atom is 0.342 e. The lowest BCUT2D eigenvalue weighted by Crippen LogP contribution is -2.44. The van der Waals surface area contributed by atoms with Gasteiger partial charge >= 0.3 is 5.97 Å². The van der Waals surface area contributed by atoms with Crippen LogP contribution in [0.2, 0.25) is 0 Å². The summed E-state index contributed by atoms with van der Waals surface area (Å²) in [6.45, 7) is 5.66. The summed E-state index contributed by atoms with van der Waals surface area (Å²) >= 11 is 0. The fraction of sp³-hybridized carbons (Fsp3) is 0.333. The van der Waals surface area contributed by atoms with Crippen LogP contribution in [-0.2, 0) is 16.0 Å². The average Bonchev–Trinajstić information content (AvgIpc) is 3.23. The maximum absolute atomic E-state index is 13.0. The van der Waals surface area contributed by atoms with Crippen molar-refractivity contribution in [2.45, 2.75) is 45.6 Å². The van der Waals surface area contributed by atoms with Gasteiger partial charge in [-0.05, 0) is 49.4 Å². The van der Waals surface area contributed by atoms with E-state index in [1.54, 1.807) is 15.8 Å². The van der Waals surface area contributed by atoms with Gasteiger partial charge in [-0.1, -0.05) is 38.1 Å². The monoisotopic (exact) mass is 418 g/mol. The number of carbonyl (C=O) groups is 2. The molecule has 0 spiro atoms. The van der Waals surface area contributed by atoms with Crippen LogP contribution in [0.4, 0.5) is 5.69 Å². The predicted octanol–water partition coefficient (Wildman–Crippen LogP) is 3.92. The summed E-state index contributed by atoms with van der Waals surface area (Å²) in [6.07, 6.45) is 4.97. The minimum absolute atomic E-state index is 0.0109. The van der Waals surface area contributed by atoms with Crippen LogP contribution in [0.1, 0.15) is 54.7 Å². The molecule has 3 heterocycles. The smallest absolute Gasteiger partial charge is 0.342 e. The van der Waals surface area contributed by atoms with E-state index in [2.05, 4.69) is 10.1 Å². The second kappa shape index (κ2) is 8.71. The Morgan fingerprint density at radius 3 is 2.68 bits per heavy atom. The third kappa shape index (κ3) is 4.08. The number of hydrogen-bond donors (Lipinski definition) is 0. The van der Waals surface area contributed by atoms with Crippen LogP contribution in [0.5, 0.6) is 0 Å². The van der Waals surface area contributed by atoms with E-state index in [0.29, 0.717) is 17.1 Å². The lowest BCUT2D eigenvalue weighted by atomic mass is 9.96. The highest BCUT2D eigenvalue weighted by atomic mass is 16.5. The van der Waals surface area contributed by atoms with E-state index in [4.69, 9.17) is 4.74 Å². The quantitative estimate of drug-likeness (QED) is 0.587. The summed E-state index contributed by atoms with van der Waals surface area (Å²) in [5.41, 5.74) is 3.08. The summed E-state index contributed by atoms with van der Waals surface area (Å²) < 4.78 is 7.09. The number of fused-ring (bicyclic) bond motifs is 1. The second-order valence-corrected chi connectivity index (χ2v) is 8.05. The SMILES string of the molecule is CC(C)c1c(C(=O)OCC(=O)N2c3ccccc3CCC2C)cnn1-c1ccccn1. The molecule has 0 saturated carbocycles. The van der Waals surface area contributed by atoms with Crippen LogP contribution in [0.15, 0.2) is 54.9 Å². The molecule has 31 heavy (non-hydrogen) atoms. The zero-order chi connectivity index (χ0) is 22.0. The van der Waals surface area contributed by atoms with E-state index in [1.807, 2.05) is 63.2 Å². The van der Waals surface area contributed by atoms with Gasteiger partial charge in [0.1, 0.15) is 5.56 Å². The third-order valence-electron chi connectivity index (χ3n) is 5.56. The first kappa shape index (κ1) is 20.8. The number of aryl methyl sites for hydroxylation is 1. The second-order valence-electron chi connectivity index (χ2n) is 8.05. The van der Waals surface area contributed by atoms with Crippen LogP contribution < -0.4 is 4.90 Å². The largest absolute Gasteiger partial charge is 0.452 e. The summed E-state index contributed by atoms with van der Waals surface area (Å²) in [7, 11) is 0. The van der Waals surface area contributed by atoms with Crippen LogP contribution in [0.25, 0.3) is 5.82 Å². The molecule has 1 atom stereocenters. The Balaban J connectivity index is 1.52. The predicted molar refractivity (Wildman–Crippen MR) is 117 cm³/mol. The van der Waals surface area contributed by atoms with Gasteiger partial charge in [0.05, 0.1) is 11.9 Å². The molecule has 0 fully saturated rings. The van der Waals surface area contributed by atoms with E-state index >= 15 is 0 Å². The van der Waals surface area contributed by atoms with Crippen molar-refractivity contribution < 1.29 is 14.3 Å². The summed E-state index contributed by atoms with van der Waals surface area (Å²) in [5, 5.41) is 4.35. The number of nitrogens with zero attached hydrogens (tertiary/aromatic N) is 4. The average molecular weight is 418 g/mol. The first-order chi connectivity index (χ1) is 15.0. The molecular formula is C24H26N4O3. The van der Waals surface area contributed by atoms with Crippen molar-refractivity contribution >= 4 is 17.6 Å². The molecule has 1 unspecified atom stereocenters. The minimum Gasteiger partial charge on any atom is -0.452 e. The molecule has 0 N–H and O–H groups in total. The molecule has 1 aromatic carbocycles. The number of benzene rings is 1. The first-order valence-corrected chi connectivity index (χ1v) is 10.5. The van der Waals surface area contributed by atoms with Crippen LogP contribution >= 0.6 is 0 Å². The number of carbonyl (C=O) groups excluding carboxylic acids is 2. The zero-order valence-corrected chi connectivity index (χ0v) is 18.0. The lowest BCUT2D eigenvalue weighted by Gasteiger charge is -2.35. The van der Waals surface area contributed by atoms with E-state index in [-0.39, 0.29) is 24.5 Å². The summed E-state index contributed by atoms with van der Waals surface area (Å²) in [4.78, 5) is 31.9. The molecule has 7 heteroatoms. The molecule has 0 bridgehead atoms. The first-order valence-electron chi connectivity index (χ1n) is 10.5. The minimum atomic E-state index is -0.558. The number of ether oxygens (including phenoxy) is 1. The van der Waals surface area contributed by atoms with E-state index in [1.165, 1.54) is 6.20 Å². The molecule has 0 radical (unpaired) electrons. The van der Waals surface area contributed by atoms with Crippen LogP contribution in [0, 0.1) is 0 Å². The van der Waals surface area contributed by atoms with Gasteiger partial charge in [0.2, 0.25) is 0 Å². The molecule has 2 aromatic heterocycles. The summed E-state index contributed by atoms with van der Waals surface area (Å²) in [5.74, 6) is -0.148. The molecule has 160 valence electrons. The molecule has 4 rings (SSSR count). The van der Waals surface area contributed by atoms with Crippen molar-refractivity contribution in [3.63, 3.8) is 0 Å². The highest BCUT2D eigenvalue weighted by Gasteiger charge is 2.29. The van der Waals surface area contributed by atoms with Gasteiger partial charge in [-0.3, -0.25) is 4.79 Å². The number of para-hydroxylation sites is 1. The van der Waals surface area contributed by atoms with E-state index < -0.39 is 5.97 Å². The molecule has 0 saturated heterocycles. The number of rotatable bonds is 5. The number of anilines is 1. The Labute approximate surface area is 181 Å². The maximum atomic E-state index is 13.0. The fourth-order valence-corrected chi connectivity index (χ4v) is 4.08. The molecular weight excluding hydrogens is 392 g/mol. The molecule has 3 aromatic rings. The Bertz CT molecular complexity index is 1090. The molecule has 1 amide bonds. The molecule has 1 aliphatic heterocycles. The number of esters is 1. The van der Waals surface area contributed by atoms with Gasteiger partial charge in [0, 0.05) is 17.9 Å². The Morgan fingerprint density at radius 1 is 1.16 bits per heavy atom. The lowest BCUT2D eigenvalue weighted by molar-refractivity contribution is -0.122. The molecule has 0 aliphatic carbocycles. The standard InChI is InChI=1S/C24H26N4O3/c1-16(2)23-19(14-26-28(23)21-10-6-7-13-25-21)24(30)31-15-22(29)27-17(3)11-12-18-8-4-5-9-20(18)27/h4-10,13-14,16-17H,11-12,15H2,1-3H3. The van der Waals surface area contributed by atoms with Gasteiger partial charge in [0.15, 0.2) is 12.4 Å². The van der Waals surface area contributed by atoms with Gasteiger partial charge in [-0.25, -0.2) is 14.5 Å². The molecule has 7 nitrogen and oxygen atoms in total. The van der Waals surface area contributed by atoms with Crippen molar-refractivity contribution in [2.75, 3.05) is 11.5 Å². The van der Waals surface area contributed by atoms with Gasteiger partial charge in [0.25, 0.3) is 5.91 Å². The van der Waals surface area contributed by atoms with E-state index in [9.17, 15) is 9.59 Å². The van der Waals surface area contributed by atoms with Crippen molar-refractivity contribution in [1.82, 2.24) is 14.8 Å². The number of aromatic nitrogens is 3. The molecule has 1 aliphatic rings. The third-order valence-corrected chi connectivity index (χ3v) is 5.56. The van der Waals surface area contributed by atoms with Crippen molar-refractivity contribution in [2.24, 2.45) is 0 Å². The number of pyridine rings is 1. The van der Waals surface area contributed by atoms with Gasteiger partial charge in [-0.15, -0.1) is 0 Å². The Hall–Kier alpha value is -3.48. The highest BCUT2D eigenvalue weighted by molar-refractivity contribution is 5.98. The van der Waals surface area contributed by atoms with Crippen LogP contribution in [0.3, 0.4) is 0 Å². The Kier molecular flexibility index (Phi) is 5.84. The summed E-state index contributed by atoms with van der Waals surface area (Å²) in [6, 6.07) is 13.4. The van der Waals surface area contributed by atoms with Crippen molar-refractivity contribution in [3.05, 3.63) is 71.7 Å². The topological polar surface area (TPSA) is 77.3 Å². The highest BCUT2D eigenvalue weighted by Crippen LogP contribution is 2.30. The zero-order valence-electron chi connectivity index (χ0n) is 18.0. The van der Waals surface area contributed by atoms with Crippen LogP contribution in [-0.4, -0.2) is 39.3 Å². The van der Waals surface area contributed by atoms with Crippen molar-refractivity contribution in [3.8, 4) is 5.82 Å². The Morgan fingerprint density at radius 2 is 1.94 bits per heavy atom.